The summed E-state index contributed by atoms with van der Waals surface area (Å²) < 4.78 is 18.9. The zero-order valence-corrected chi connectivity index (χ0v) is 15.0. The first-order valence-electron chi connectivity index (χ1n) is 8.81. The lowest BCUT2D eigenvalue weighted by molar-refractivity contribution is 0.148. The molecule has 0 aromatic heterocycles. The zero-order chi connectivity index (χ0) is 18.4. The van der Waals surface area contributed by atoms with E-state index in [0.29, 0.717) is 13.1 Å². The molecule has 2 aromatic carbocycles. The van der Waals surface area contributed by atoms with Crippen molar-refractivity contribution in [2.45, 2.75) is 6.42 Å². The molecule has 0 radical (unpaired) electrons. The van der Waals surface area contributed by atoms with Crippen molar-refractivity contribution >= 4 is 11.7 Å². The number of hydrogen-bond acceptors (Lipinski definition) is 3. The van der Waals surface area contributed by atoms with E-state index in [2.05, 4.69) is 22.3 Å². The fourth-order valence-electron chi connectivity index (χ4n) is 3.05. The fraction of sp³-hybridized carbons (Fsp3) is 0.350. The van der Waals surface area contributed by atoms with Crippen molar-refractivity contribution in [1.82, 2.24) is 9.80 Å². The van der Waals surface area contributed by atoms with Crippen LogP contribution >= 0.6 is 0 Å². The topological polar surface area (TPSA) is 44.8 Å². The molecule has 0 unspecified atom stereocenters. The third kappa shape index (κ3) is 4.73. The minimum Gasteiger partial charge on any atom is -0.497 e. The molecule has 1 aliphatic heterocycles. The van der Waals surface area contributed by atoms with Crippen LogP contribution in [0.4, 0.5) is 14.9 Å². The number of carbonyl (C=O) groups is 1. The number of anilines is 1. The summed E-state index contributed by atoms with van der Waals surface area (Å²) >= 11 is 0. The quantitative estimate of drug-likeness (QED) is 0.894. The number of carbonyl (C=O) groups excluding carboxylic acids is 1. The van der Waals surface area contributed by atoms with Crippen LogP contribution in [0, 0.1) is 5.82 Å². The number of ether oxygens (including phenoxy) is 1. The lowest BCUT2D eigenvalue weighted by atomic mass is 10.1. The zero-order valence-electron chi connectivity index (χ0n) is 15.0. The molecule has 6 heteroatoms. The lowest BCUT2D eigenvalue weighted by Crippen LogP contribution is -2.50. The number of rotatable bonds is 5. The van der Waals surface area contributed by atoms with Crippen LogP contribution in [-0.4, -0.2) is 55.7 Å². The first-order chi connectivity index (χ1) is 12.7. The molecule has 0 bridgehead atoms. The predicted molar refractivity (Wildman–Crippen MR) is 100 cm³/mol. The molecule has 138 valence electrons. The van der Waals surface area contributed by atoms with Crippen LogP contribution in [0.3, 0.4) is 0 Å². The van der Waals surface area contributed by atoms with Crippen LogP contribution in [0.2, 0.25) is 0 Å². The van der Waals surface area contributed by atoms with E-state index in [-0.39, 0.29) is 11.7 Å². The second kappa shape index (κ2) is 8.67. The number of benzene rings is 2. The largest absolute Gasteiger partial charge is 0.497 e. The monoisotopic (exact) mass is 357 g/mol. The number of nitrogens with zero attached hydrogens (tertiary/aromatic N) is 2. The van der Waals surface area contributed by atoms with Crippen molar-refractivity contribution < 1.29 is 13.9 Å². The van der Waals surface area contributed by atoms with Crippen molar-refractivity contribution in [3.63, 3.8) is 0 Å². The molecule has 2 amide bonds. The Morgan fingerprint density at radius 3 is 2.62 bits per heavy atom. The van der Waals surface area contributed by atoms with E-state index in [1.54, 1.807) is 30.2 Å². The molecule has 5 nitrogen and oxygen atoms in total. The number of piperazine rings is 1. The van der Waals surface area contributed by atoms with Crippen LogP contribution in [0.15, 0.2) is 48.5 Å². The molecule has 1 saturated heterocycles. The van der Waals surface area contributed by atoms with E-state index in [4.69, 9.17) is 4.74 Å². The Morgan fingerprint density at radius 1 is 1.12 bits per heavy atom. The second-order valence-corrected chi connectivity index (χ2v) is 6.34. The van der Waals surface area contributed by atoms with E-state index < -0.39 is 5.82 Å². The molecule has 0 aliphatic carbocycles. The van der Waals surface area contributed by atoms with E-state index in [1.165, 1.54) is 11.6 Å². The summed E-state index contributed by atoms with van der Waals surface area (Å²) in [5, 5.41) is 2.64. The Hall–Kier alpha value is -2.60. The van der Waals surface area contributed by atoms with Gasteiger partial charge in [0.05, 0.1) is 12.8 Å². The Labute approximate surface area is 153 Å². The number of urea groups is 1. The summed E-state index contributed by atoms with van der Waals surface area (Å²) in [5.41, 5.74) is 1.46. The summed E-state index contributed by atoms with van der Waals surface area (Å²) in [5.74, 6) is 0.454. The SMILES string of the molecule is COc1cccc(CCN2CCN(C(=O)Nc3ccccc3F)CC2)c1. The van der Waals surface area contributed by atoms with Gasteiger partial charge in [-0.3, -0.25) is 4.90 Å². The molecule has 3 rings (SSSR count). The number of nitrogens with one attached hydrogen (secondary N) is 1. The van der Waals surface area contributed by atoms with Crippen molar-refractivity contribution in [2.24, 2.45) is 0 Å². The third-order valence-electron chi connectivity index (χ3n) is 4.63. The number of para-hydroxylation sites is 1. The molecule has 1 fully saturated rings. The highest BCUT2D eigenvalue weighted by Crippen LogP contribution is 2.15. The molecule has 0 spiro atoms. The standard InChI is InChI=1S/C20H24FN3O2/c1-26-17-6-4-5-16(15-17)9-10-23-11-13-24(14-12-23)20(25)22-19-8-3-2-7-18(19)21/h2-8,15H,9-14H2,1H3,(H,22,25). The smallest absolute Gasteiger partial charge is 0.322 e. The van der Waals surface area contributed by atoms with Gasteiger partial charge in [0.25, 0.3) is 0 Å². The summed E-state index contributed by atoms with van der Waals surface area (Å²) in [6.07, 6.45) is 0.943. The Bertz CT molecular complexity index is 745. The first-order valence-corrected chi connectivity index (χ1v) is 8.81. The highest BCUT2D eigenvalue weighted by Gasteiger charge is 2.21. The maximum atomic E-state index is 13.6. The fourth-order valence-corrected chi connectivity index (χ4v) is 3.05. The van der Waals surface area contributed by atoms with Crippen LogP contribution in [0.5, 0.6) is 5.75 Å². The Balaban J connectivity index is 1.45. The summed E-state index contributed by atoms with van der Waals surface area (Å²) in [4.78, 5) is 16.4. The number of hydrogen-bond donors (Lipinski definition) is 1. The van der Waals surface area contributed by atoms with E-state index in [9.17, 15) is 9.18 Å². The number of amides is 2. The second-order valence-electron chi connectivity index (χ2n) is 6.34. The molecule has 1 N–H and O–H groups in total. The van der Waals surface area contributed by atoms with Crippen LogP contribution in [-0.2, 0) is 6.42 Å². The van der Waals surface area contributed by atoms with Crippen molar-refractivity contribution in [3.8, 4) is 5.75 Å². The minimum absolute atomic E-state index is 0.220. The molecule has 1 aliphatic rings. The van der Waals surface area contributed by atoms with Gasteiger partial charge in [-0.1, -0.05) is 24.3 Å². The third-order valence-corrected chi connectivity index (χ3v) is 4.63. The molecular formula is C20H24FN3O2. The van der Waals surface area contributed by atoms with Gasteiger partial charge in [0, 0.05) is 32.7 Å². The Kier molecular flexibility index (Phi) is 6.07. The van der Waals surface area contributed by atoms with Gasteiger partial charge in [0.15, 0.2) is 0 Å². The normalized spacial score (nSPS) is 14.9. The van der Waals surface area contributed by atoms with Crippen LogP contribution in [0.25, 0.3) is 0 Å². The van der Waals surface area contributed by atoms with Gasteiger partial charge in [0.1, 0.15) is 11.6 Å². The maximum absolute atomic E-state index is 13.6. The number of methoxy groups -OCH3 is 1. The molecule has 2 aromatic rings. The average molecular weight is 357 g/mol. The van der Waals surface area contributed by atoms with E-state index in [1.807, 2.05) is 12.1 Å². The van der Waals surface area contributed by atoms with Gasteiger partial charge in [-0.05, 0) is 36.2 Å². The molecule has 0 saturated carbocycles. The average Bonchev–Trinajstić information content (AvgIpc) is 2.68. The van der Waals surface area contributed by atoms with Crippen molar-refractivity contribution in [3.05, 3.63) is 59.9 Å². The molecule has 26 heavy (non-hydrogen) atoms. The van der Waals surface area contributed by atoms with E-state index >= 15 is 0 Å². The highest BCUT2D eigenvalue weighted by atomic mass is 19.1. The molecular weight excluding hydrogens is 333 g/mol. The predicted octanol–water partition coefficient (Wildman–Crippen LogP) is 3.23. The minimum atomic E-state index is -0.419. The maximum Gasteiger partial charge on any atom is 0.322 e. The van der Waals surface area contributed by atoms with Gasteiger partial charge in [0.2, 0.25) is 0 Å². The van der Waals surface area contributed by atoms with Gasteiger partial charge in [-0.2, -0.15) is 0 Å². The summed E-state index contributed by atoms with van der Waals surface area (Å²) in [6.45, 7) is 3.84. The van der Waals surface area contributed by atoms with Crippen LogP contribution < -0.4 is 10.1 Å². The van der Waals surface area contributed by atoms with Gasteiger partial charge in [-0.25, -0.2) is 9.18 Å². The van der Waals surface area contributed by atoms with E-state index in [0.717, 1.165) is 31.8 Å². The Morgan fingerprint density at radius 2 is 1.88 bits per heavy atom. The molecule has 0 atom stereocenters. The lowest BCUT2D eigenvalue weighted by Gasteiger charge is -2.34. The van der Waals surface area contributed by atoms with Gasteiger partial charge >= 0.3 is 6.03 Å². The van der Waals surface area contributed by atoms with Gasteiger partial charge in [-0.15, -0.1) is 0 Å². The van der Waals surface area contributed by atoms with Crippen molar-refractivity contribution in [2.75, 3.05) is 45.2 Å². The van der Waals surface area contributed by atoms with Gasteiger partial charge < -0.3 is 15.0 Å². The summed E-state index contributed by atoms with van der Waals surface area (Å²) in [6, 6.07) is 14.1. The highest BCUT2D eigenvalue weighted by molar-refractivity contribution is 5.89. The number of halogens is 1. The van der Waals surface area contributed by atoms with Crippen molar-refractivity contribution in [1.29, 1.82) is 0 Å². The molecule has 1 heterocycles. The van der Waals surface area contributed by atoms with Crippen LogP contribution in [0.1, 0.15) is 5.56 Å². The summed E-state index contributed by atoms with van der Waals surface area (Å²) in [7, 11) is 1.67. The first kappa shape index (κ1) is 18.2.